The number of nitrogens with one attached hydrogen (secondary N) is 2. The number of carbonyl (C=O) groups excluding carboxylic acids is 1. The zero-order valence-electron chi connectivity index (χ0n) is 24.3. The van der Waals surface area contributed by atoms with Crippen LogP contribution in [0.4, 0.5) is 18.9 Å². The lowest BCUT2D eigenvalue weighted by molar-refractivity contribution is -0.141. The number of hydrogen-bond acceptors (Lipinski definition) is 5. The van der Waals surface area contributed by atoms with Crippen molar-refractivity contribution in [3.8, 4) is 11.1 Å². The number of carbonyl (C=O) groups is 1. The summed E-state index contributed by atoms with van der Waals surface area (Å²) in [7, 11) is 0. The Bertz CT molecular complexity index is 1510. The molecule has 0 saturated carbocycles. The fraction of sp³-hybridized carbons (Fsp3) is 0.469. The third-order valence-electron chi connectivity index (χ3n) is 8.58. The molecule has 2 N–H and O–H groups in total. The molecule has 42 heavy (non-hydrogen) atoms. The van der Waals surface area contributed by atoms with Gasteiger partial charge in [0.2, 0.25) is 0 Å². The molecule has 1 aliphatic heterocycles. The number of pyridine rings is 2. The van der Waals surface area contributed by atoms with Gasteiger partial charge in [0.15, 0.2) is 0 Å². The van der Waals surface area contributed by atoms with Crippen LogP contribution < -0.4 is 15.8 Å². The van der Waals surface area contributed by atoms with Crippen LogP contribution in [0.25, 0.3) is 11.1 Å². The Morgan fingerprint density at radius 1 is 1.10 bits per heavy atom. The first kappa shape index (κ1) is 29.8. The average molecular weight is 583 g/mol. The molecule has 1 aliphatic carbocycles. The van der Waals surface area contributed by atoms with E-state index in [2.05, 4.69) is 20.2 Å². The number of alkyl halides is 3. The van der Waals surface area contributed by atoms with Crippen molar-refractivity contribution in [3.05, 3.63) is 80.0 Å². The van der Waals surface area contributed by atoms with Crippen molar-refractivity contribution in [1.29, 1.82) is 0 Å². The highest BCUT2D eigenvalue weighted by atomic mass is 19.4. The number of rotatable bonds is 7. The van der Waals surface area contributed by atoms with Crippen LogP contribution in [-0.4, -0.2) is 41.7 Å². The van der Waals surface area contributed by atoms with E-state index in [1.165, 1.54) is 12.3 Å². The predicted molar refractivity (Wildman–Crippen MR) is 156 cm³/mol. The Hall–Kier alpha value is -3.66. The van der Waals surface area contributed by atoms with E-state index in [4.69, 9.17) is 4.74 Å². The van der Waals surface area contributed by atoms with Gasteiger partial charge in [-0.1, -0.05) is 6.07 Å². The van der Waals surface area contributed by atoms with Gasteiger partial charge < -0.3 is 19.9 Å². The highest BCUT2D eigenvalue weighted by molar-refractivity contribution is 5.99. The lowest BCUT2D eigenvalue weighted by Gasteiger charge is -2.37. The molecule has 1 aromatic carbocycles. The minimum Gasteiger partial charge on any atom is -0.381 e. The zero-order chi connectivity index (χ0) is 30.0. The van der Waals surface area contributed by atoms with Crippen LogP contribution in [0.3, 0.4) is 0 Å². The molecule has 1 fully saturated rings. The van der Waals surface area contributed by atoms with Gasteiger partial charge in [-0.2, -0.15) is 13.2 Å². The molecule has 2 aliphatic rings. The predicted octanol–water partition coefficient (Wildman–Crippen LogP) is 5.89. The molecule has 10 heteroatoms. The summed E-state index contributed by atoms with van der Waals surface area (Å²) < 4.78 is 45.1. The maximum absolute atomic E-state index is 13.8. The van der Waals surface area contributed by atoms with E-state index in [9.17, 15) is 22.8 Å². The summed E-state index contributed by atoms with van der Waals surface area (Å²) in [5.74, 6) is -0.344. The summed E-state index contributed by atoms with van der Waals surface area (Å²) in [6.45, 7) is 7.92. The highest BCUT2D eigenvalue weighted by Gasteiger charge is 2.32. The Balaban J connectivity index is 1.52. The van der Waals surface area contributed by atoms with Crippen LogP contribution in [0.2, 0.25) is 0 Å². The standard InChI is InChI=1S/C32H37F3N4O3/c1-4-39(23-11-13-42-14-12-23)28-16-22(21-9-10-29(36-17-21)32(33,34)35)15-26(19(28)2)30(40)37-18-27-25-8-6-5-7-24(25)20(3)38-31(27)41/h9-10,15-17,23H,4-8,11-14,18H2,1-3H3,(H,37,40)(H,38,41). The van der Waals surface area contributed by atoms with Crippen molar-refractivity contribution >= 4 is 11.6 Å². The Labute approximate surface area is 243 Å². The van der Waals surface area contributed by atoms with E-state index in [-0.39, 0.29) is 24.1 Å². The molecule has 1 saturated heterocycles. The number of ether oxygens (including phenoxy) is 1. The number of benzene rings is 1. The first-order valence-corrected chi connectivity index (χ1v) is 14.6. The number of fused-ring (bicyclic) bond motifs is 1. The van der Waals surface area contributed by atoms with Gasteiger partial charge in [-0.3, -0.25) is 14.6 Å². The van der Waals surface area contributed by atoms with Crippen LogP contribution in [-0.2, 0) is 30.3 Å². The number of nitrogens with zero attached hydrogens (tertiary/aromatic N) is 2. The molecular weight excluding hydrogens is 545 g/mol. The van der Waals surface area contributed by atoms with Gasteiger partial charge in [0.25, 0.3) is 11.5 Å². The van der Waals surface area contributed by atoms with Gasteiger partial charge in [0.05, 0.1) is 0 Å². The van der Waals surface area contributed by atoms with E-state index in [1.807, 2.05) is 26.8 Å². The second kappa shape index (κ2) is 12.3. The summed E-state index contributed by atoms with van der Waals surface area (Å²) >= 11 is 0. The smallest absolute Gasteiger partial charge is 0.381 e. The molecule has 5 rings (SSSR count). The lowest BCUT2D eigenvalue weighted by atomic mass is 9.88. The van der Waals surface area contributed by atoms with E-state index < -0.39 is 11.9 Å². The topological polar surface area (TPSA) is 87.3 Å². The van der Waals surface area contributed by atoms with E-state index in [0.717, 1.165) is 72.7 Å². The van der Waals surface area contributed by atoms with Crippen LogP contribution in [0.5, 0.6) is 0 Å². The van der Waals surface area contributed by atoms with Gasteiger partial charge in [0, 0.05) is 66.6 Å². The maximum Gasteiger partial charge on any atom is 0.433 e. The number of anilines is 1. The largest absolute Gasteiger partial charge is 0.433 e. The molecule has 3 heterocycles. The summed E-state index contributed by atoms with van der Waals surface area (Å²) in [6, 6.07) is 6.17. The average Bonchev–Trinajstić information content (AvgIpc) is 2.98. The quantitative estimate of drug-likeness (QED) is 0.363. The van der Waals surface area contributed by atoms with Crippen LogP contribution in [0.1, 0.15) is 76.6 Å². The minimum absolute atomic E-state index is 0.0923. The second-order valence-electron chi connectivity index (χ2n) is 11.1. The first-order valence-electron chi connectivity index (χ1n) is 14.6. The van der Waals surface area contributed by atoms with Crippen molar-refractivity contribution in [2.24, 2.45) is 0 Å². The summed E-state index contributed by atoms with van der Waals surface area (Å²) in [5, 5.41) is 2.98. The van der Waals surface area contributed by atoms with Crippen molar-refractivity contribution < 1.29 is 22.7 Å². The van der Waals surface area contributed by atoms with E-state index in [0.29, 0.717) is 42.0 Å². The molecular formula is C32H37F3N4O3. The van der Waals surface area contributed by atoms with E-state index in [1.54, 1.807) is 6.07 Å². The Morgan fingerprint density at radius 3 is 2.45 bits per heavy atom. The van der Waals surface area contributed by atoms with Crippen molar-refractivity contribution in [1.82, 2.24) is 15.3 Å². The van der Waals surface area contributed by atoms with Gasteiger partial charge in [-0.05, 0) is 99.7 Å². The number of halogens is 3. The molecule has 0 atom stereocenters. The second-order valence-corrected chi connectivity index (χ2v) is 11.1. The molecule has 224 valence electrons. The summed E-state index contributed by atoms with van der Waals surface area (Å²) in [5.41, 5.74) is 5.60. The van der Waals surface area contributed by atoms with Gasteiger partial charge >= 0.3 is 6.18 Å². The van der Waals surface area contributed by atoms with Crippen LogP contribution in [0, 0.1) is 13.8 Å². The van der Waals surface area contributed by atoms with Crippen LogP contribution in [0.15, 0.2) is 35.3 Å². The summed E-state index contributed by atoms with van der Waals surface area (Å²) in [4.78, 5) is 35.5. The molecule has 3 aromatic rings. The minimum atomic E-state index is -4.54. The number of aromatic nitrogens is 2. The first-order chi connectivity index (χ1) is 20.1. The molecule has 7 nitrogen and oxygen atoms in total. The van der Waals surface area contributed by atoms with Crippen molar-refractivity contribution in [2.75, 3.05) is 24.7 Å². The summed E-state index contributed by atoms with van der Waals surface area (Å²) in [6.07, 6.45) is 2.11. The van der Waals surface area contributed by atoms with Gasteiger partial charge in [-0.25, -0.2) is 0 Å². The van der Waals surface area contributed by atoms with Crippen molar-refractivity contribution in [2.45, 2.75) is 78.1 Å². The lowest BCUT2D eigenvalue weighted by Crippen LogP contribution is -2.40. The zero-order valence-corrected chi connectivity index (χ0v) is 24.3. The molecule has 0 bridgehead atoms. The molecule has 0 unspecified atom stereocenters. The fourth-order valence-corrected chi connectivity index (χ4v) is 6.32. The Kier molecular flexibility index (Phi) is 8.73. The molecule has 0 spiro atoms. The highest BCUT2D eigenvalue weighted by Crippen LogP contribution is 2.35. The third kappa shape index (κ3) is 6.09. The van der Waals surface area contributed by atoms with Gasteiger partial charge in [0.1, 0.15) is 5.69 Å². The molecule has 1 amide bonds. The number of aromatic amines is 1. The Morgan fingerprint density at radius 2 is 1.81 bits per heavy atom. The van der Waals surface area contributed by atoms with Crippen molar-refractivity contribution in [3.63, 3.8) is 0 Å². The number of aryl methyl sites for hydroxylation is 1. The van der Waals surface area contributed by atoms with E-state index >= 15 is 0 Å². The fourth-order valence-electron chi connectivity index (χ4n) is 6.32. The van der Waals surface area contributed by atoms with Crippen LogP contribution >= 0.6 is 0 Å². The maximum atomic E-state index is 13.8. The number of amides is 1. The molecule has 2 aromatic heterocycles. The number of hydrogen-bond donors (Lipinski definition) is 2. The normalized spacial score (nSPS) is 15.8. The third-order valence-corrected chi connectivity index (χ3v) is 8.58. The van der Waals surface area contributed by atoms with Gasteiger partial charge in [-0.15, -0.1) is 0 Å². The molecule has 0 radical (unpaired) electrons. The monoisotopic (exact) mass is 582 g/mol. The SMILES string of the molecule is CCN(c1cc(-c2ccc(C(F)(F)F)nc2)cc(C(=O)NCc2c3c(c(C)[nH]c2=O)CCCC3)c1C)C1CCOCC1. The number of H-pyrrole nitrogens is 1.